The lowest BCUT2D eigenvalue weighted by atomic mass is 9.56. The Balaban J connectivity index is 1.79. The van der Waals surface area contributed by atoms with Crippen molar-refractivity contribution in [1.82, 2.24) is 0 Å². The fourth-order valence-corrected chi connectivity index (χ4v) is 7.00. The lowest BCUT2D eigenvalue weighted by Crippen LogP contribution is -2.57. The first kappa shape index (κ1) is 7.24. The Labute approximate surface area is 83.9 Å². The van der Waals surface area contributed by atoms with Crippen LogP contribution in [-0.4, -0.2) is 17.3 Å². The van der Waals surface area contributed by atoms with Gasteiger partial charge in [0.2, 0.25) is 0 Å². The van der Waals surface area contributed by atoms with Gasteiger partial charge in [0.05, 0.1) is 5.60 Å². The monoisotopic (exact) mass is 191 g/mol. The van der Waals surface area contributed by atoms with Crippen molar-refractivity contribution in [3.8, 4) is 0 Å². The summed E-state index contributed by atoms with van der Waals surface area (Å²) in [6.45, 7) is 0.530. The molecule has 0 aliphatic heterocycles. The zero-order valence-electron chi connectivity index (χ0n) is 8.26. The molecule has 9 atom stereocenters. The Morgan fingerprint density at radius 2 is 1.71 bits per heavy atom. The summed E-state index contributed by atoms with van der Waals surface area (Å²) in [5.41, 5.74) is 5.43. The number of hydrogen-bond donors (Lipinski definition) is 2. The quantitative estimate of drug-likeness (QED) is 0.632. The van der Waals surface area contributed by atoms with E-state index >= 15 is 0 Å². The van der Waals surface area contributed by atoms with Gasteiger partial charge in [-0.25, -0.2) is 0 Å². The standard InChI is InChI=1S/C12H17NO/c13-3-12(14)10-5-2-6-8-4(5)1-7(10)9(8)11(6)12/h4-11,14H,1-3,13H2/t4-,5-,6-,7-,8-,9+,10-,11+,12-/m1/s1. The van der Waals surface area contributed by atoms with Crippen LogP contribution in [0.25, 0.3) is 0 Å². The van der Waals surface area contributed by atoms with E-state index in [1.54, 1.807) is 0 Å². The topological polar surface area (TPSA) is 46.2 Å². The van der Waals surface area contributed by atoms with Crippen LogP contribution >= 0.6 is 0 Å². The first-order chi connectivity index (χ1) is 6.77. The van der Waals surface area contributed by atoms with Crippen LogP contribution in [-0.2, 0) is 0 Å². The van der Waals surface area contributed by atoms with Crippen LogP contribution in [0, 0.1) is 47.3 Å². The van der Waals surface area contributed by atoms with E-state index in [9.17, 15) is 5.11 Å². The van der Waals surface area contributed by atoms with Gasteiger partial charge in [0, 0.05) is 6.54 Å². The van der Waals surface area contributed by atoms with E-state index < -0.39 is 5.60 Å². The summed E-state index contributed by atoms with van der Waals surface area (Å²) >= 11 is 0. The van der Waals surface area contributed by atoms with Crippen molar-refractivity contribution in [2.45, 2.75) is 18.4 Å². The maximum Gasteiger partial charge on any atom is 0.0836 e. The van der Waals surface area contributed by atoms with Crippen LogP contribution in [0.3, 0.4) is 0 Å². The molecule has 14 heavy (non-hydrogen) atoms. The molecule has 2 heteroatoms. The van der Waals surface area contributed by atoms with Crippen LogP contribution in [0.5, 0.6) is 0 Å². The van der Waals surface area contributed by atoms with Crippen LogP contribution in [0.1, 0.15) is 12.8 Å². The molecule has 5 aliphatic rings. The molecule has 5 fully saturated rings. The van der Waals surface area contributed by atoms with E-state index in [0.29, 0.717) is 18.4 Å². The molecule has 5 saturated carbocycles. The Morgan fingerprint density at radius 1 is 1.00 bits per heavy atom. The molecule has 76 valence electrons. The van der Waals surface area contributed by atoms with Gasteiger partial charge in [-0.2, -0.15) is 0 Å². The van der Waals surface area contributed by atoms with Crippen LogP contribution in [0.4, 0.5) is 0 Å². The summed E-state index contributed by atoms with van der Waals surface area (Å²) in [4.78, 5) is 0. The van der Waals surface area contributed by atoms with Gasteiger partial charge in [-0.1, -0.05) is 0 Å². The molecule has 0 aromatic heterocycles. The molecule has 2 nitrogen and oxygen atoms in total. The average molecular weight is 191 g/mol. The van der Waals surface area contributed by atoms with Gasteiger partial charge in [-0.3, -0.25) is 0 Å². The minimum atomic E-state index is -0.426. The van der Waals surface area contributed by atoms with Gasteiger partial charge < -0.3 is 10.8 Å². The van der Waals surface area contributed by atoms with Crippen molar-refractivity contribution < 1.29 is 5.11 Å². The first-order valence-electron chi connectivity index (χ1n) is 6.20. The number of aliphatic hydroxyl groups is 1. The molecule has 0 aromatic carbocycles. The molecule has 0 heterocycles. The van der Waals surface area contributed by atoms with E-state index in [1.807, 2.05) is 0 Å². The lowest BCUT2D eigenvalue weighted by Gasteiger charge is -2.51. The van der Waals surface area contributed by atoms with Crippen LogP contribution in [0.15, 0.2) is 0 Å². The van der Waals surface area contributed by atoms with Gasteiger partial charge >= 0.3 is 0 Å². The molecule has 3 N–H and O–H groups in total. The van der Waals surface area contributed by atoms with Crippen molar-refractivity contribution in [2.75, 3.05) is 6.54 Å². The van der Waals surface area contributed by atoms with E-state index in [4.69, 9.17) is 5.73 Å². The van der Waals surface area contributed by atoms with E-state index in [1.165, 1.54) is 12.8 Å². The summed E-state index contributed by atoms with van der Waals surface area (Å²) in [7, 11) is 0. The number of nitrogens with two attached hydrogens (primary N) is 1. The normalized spacial score (nSPS) is 80.1. The highest BCUT2D eigenvalue weighted by atomic mass is 16.3. The van der Waals surface area contributed by atoms with Crippen molar-refractivity contribution in [2.24, 2.45) is 53.1 Å². The average Bonchev–Trinajstić information content (AvgIpc) is 2.63. The lowest BCUT2D eigenvalue weighted by molar-refractivity contribution is -0.123. The number of rotatable bonds is 1. The molecule has 5 rings (SSSR count). The summed E-state index contributed by atoms with van der Waals surface area (Å²) in [5.74, 6) is 6.82. The second-order valence-electron chi connectivity index (χ2n) is 6.53. The second kappa shape index (κ2) is 1.69. The number of hydrogen-bond acceptors (Lipinski definition) is 2. The summed E-state index contributed by atoms with van der Waals surface area (Å²) < 4.78 is 0. The Kier molecular flexibility index (Phi) is 0.875. The molecule has 0 spiro atoms. The van der Waals surface area contributed by atoms with Crippen LogP contribution < -0.4 is 5.73 Å². The Morgan fingerprint density at radius 3 is 2.50 bits per heavy atom. The van der Waals surface area contributed by atoms with Crippen molar-refractivity contribution in [3.63, 3.8) is 0 Å². The smallest absolute Gasteiger partial charge is 0.0836 e. The molecular formula is C12H17NO. The van der Waals surface area contributed by atoms with Gasteiger partial charge in [-0.05, 0) is 60.2 Å². The van der Waals surface area contributed by atoms with E-state index in [0.717, 1.165) is 35.5 Å². The SMILES string of the molecule is NC[C@@]1(O)[C@@H]2[C@@H]3C[C@@H]4[C@H]5[C@@H]3C[C@@H]2[C@@H]5[C@H]41. The Bertz CT molecular complexity index is 337. The predicted molar refractivity (Wildman–Crippen MR) is 51.2 cm³/mol. The van der Waals surface area contributed by atoms with Gasteiger partial charge in [0.1, 0.15) is 0 Å². The summed E-state index contributed by atoms with van der Waals surface area (Å²) in [5, 5.41) is 10.7. The van der Waals surface area contributed by atoms with Gasteiger partial charge in [0.25, 0.3) is 0 Å². The molecule has 0 saturated heterocycles. The van der Waals surface area contributed by atoms with Crippen LogP contribution in [0.2, 0.25) is 0 Å². The molecule has 2 bridgehead atoms. The van der Waals surface area contributed by atoms with Gasteiger partial charge in [-0.15, -0.1) is 0 Å². The maximum atomic E-state index is 10.7. The van der Waals surface area contributed by atoms with Gasteiger partial charge in [0.15, 0.2) is 0 Å². The highest BCUT2D eigenvalue weighted by molar-refractivity contribution is 5.32. The number of fused-ring (bicyclic) bond motifs is 2. The third-order valence-corrected chi connectivity index (χ3v) is 6.85. The molecule has 0 amide bonds. The third-order valence-electron chi connectivity index (χ3n) is 6.85. The van der Waals surface area contributed by atoms with Crippen molar-refractivity contribution >= 4 is 0 Å². The fraction of sp³-hybridized carbons (Fsp3) is 1.00. The molecule has 0 radical (unpaired) electrons. The molecule has 0 aromatic rings. The van der Waals surface area contributed by atoms with Crippen molar-refractivity contribution in [1.29, 1.82) is 0 Å². The van der Waals surface area contributed by atoms with E-state index in [2.05, 4.69) is 0 Å². The van der Waals surface area contributed by atoms with Crippen molar-refractivity contribution in [3.05, 3.63) is 0 Å². The summed E-state index contributed by atoms with van der Waals surface area (Å²) in [6.07, 6.45) is 2.89. The maximum absolute atomic E-state index is 10.7. The second-order valence-corrected chi connectivity index (χ2v) is 6.53. The third kappa shape index (κ3) is 0.409. The molecule has 5 aliphatic carbocycles. The highest BCUT2D eigenvalue weighted by Gasteiger charge is 2.84. The Hall–Kier alpha value is -0.0800. The predicted octanol–water partition coefficient (Wildman–Crippen LogP) is 0.454. The zero-order chi connectivity index (χ0) is 9.24. The largest absolute Gasteiger partial charge is 0.388 e. The fourth-order valence-electron chi connectivity index (χ4n) is 7.00. The highest BCUT2D eigenvalue weighted by Crippen LogP contribution is 2.85. The summed E-state index contributed by atoms with van der Waals surface area (Å²) in [6, 6.07) is 0. The van der Waals surface area contributed by atoms with E-state index in [-0.39, 0.29) is 0 Å². The first-order valence-corrected chi connectivity index (χ1v) is 6.20. The molecule has 0 unspecified atom stereocenters. The minimum Gasteiger partial charge on any atom is -0.388 e. The minimum absolute atomic E-state index is 0.426. The molecular weight excluding hydrogens is 174 g/mol. The zero-order valence-corrected chi connectivity index (χ0v) is 8.26.